The van der Waals surface area contributed by atoms with Crippen molar-refractivity contribution in [2.45, 2.75) is 74.7 Å². The van der Waals surface area contributed by atoms with Crippen LogP contribution in [-0.4, -0.2) is 66.1 Å². The van der Waals surface area contributed by atoms with Gasteiger partial charge < -0.3 is 15.0 Å². The molecule has 6 rings (SSSR count). The van der Waals surface area contributed by atoms with Crippen molar-refractivity contribution in [3.05, 3.63) is 54.4 Å². The van der Waals surface area contributed by atoms with Gasteiger partial charge in [0.05, 0.1) is 40.5 Å². The molecule has 3 heterocycles. The fourth-order valence-corrected chi connectivity index (χ4v) is 7.97. The molecule has 2 saturated carbocycles. The van der Waals surface area contributed by atoms with Crippen LogP contribution in [0.1, 0.15) is 46.7 Å². The molecular weight excluding hydrogens is 500 g/mol. The van der Waals surface area contributed by atoms with Crippen molar-refractivity contribution >= 4 is 32.3 Å². The summed E-state index contributed by atoms with van der Waals surface area (Å²) in [7, 11) is -3.00. The number of ether oxygens (including phenoxy) is 1. The van der Waals surface area contributed by atoms with E-state index in [4.69, 9.17) is 9.72 Å². The summed E-state index contributed by atoms with van der Waals surface area (Å²) in [5.41, 5.74) is 2.59. The Morgan fingerprint density at radius 1 is 1.05 bits per heavy atom. The molecule has 1 aromatic carbocycles. The highest BCUT2D eigenvalue weighted by Gasteiger charge is 2.47. The van der Waals surface area contributed by atoms with Crippen LogP contribution in [0.4, 0.5) is 5.82 Å². The third-order valence-corrected chi connectivity index (χ3v) is 10.5. The van der Waals surface area contributed by atoms with Gasteiger partial charge >= 0.3 is 0 Å². The van der Waals surface area contributed by atoms with Gasteiger partial charge in [0.15, 0.2) is 9.84 Å². The van der Waals surface area contributed by atoms with Crippen LogP contribution in [0, 0.1) is 0 Å². The molecule has 0 spiro atoms. The molecule has 0 bridgehead atoms. The summed E-state index contributed by atoms with van der Waals surface area (Å²) >= 11 is 0. The van der Waals surface area contributed by atoms with Crippen LogP contribution >= 0.6 is 0 Å². The van der Waals surface area contributed by atoms with E-state index in [2.05, 4.69) is 41.2 Å². The maximum atomic E-state index is 12.7. The fraction of sp³-hybridized carbons (Fsp3) is 0.483. The molecule has 1 aliphatic heterocycles. The maximum absolute atomic E-state index is 12.7. The summed E-state index contributed by atoms with van der Waals surface area (Å²) in [6.45, 7) is 5.80. The number of morpholine rings is 1. The van der Waals surface area contributed by atoms with Crippen molar-refractivity contribution in [3.8, 4) is 11.3 Å². The van der Waals surface area contributed by atoms with Gasteiger partial charge in [-0.2, -0.15) is 0 Å². The summed E-state index contributed by atoms with van der Waals surface area (Å²) in [6.07, 6.45) is 4.91. The Hall–Kier alpha value is -3.04. The highest BCUT2D eigenvalue weighted by Crippen LogP contribution is 2.38. The van der Waals surface area contributed by atoms with E-state index in [0.717, 1.165) is 53.8 Å². The van der Waals surface area contributed by atoms with E-state index in [1.165, 1.54) is 0 Å². The number of pyridine rings is 2. The second-order valence-electron chi connectivity index (χ2n) is 11.1. The molecule has 1 N–H and O–H groups in total. The van der Waals surface area contributed by atoms with Crippen molar-refractivity contribution in [2.75, 3.05) is 18.0 Å². The Morgan fingerprint density at radius 3 is 2.55 bits per heavy atom. The Balaban J connectivity index is 0.00000308. The van der Waals surface area contributed by atoms with E-state index < -0.39 is 9.84 Å². The molecule has 38 heavy (non-hydrogen) atoms. The molecule has 0 radical (unpaired) electrons. The molecule has 1 saturated heterocycles. The zero-order chi connectivity index (χ0) is 26.4. The number of benzene rings is 1. The van der Waals surface area contributed by atoms with E-state index in [9.17, 15) is 13.2 Å². The predicted molar refractivity (Wildman–Crippen MR) is 150 cm³/mol. The number of aromatic nitrogens is 2. The molecule has 3 aliphatic rings. The monoisotopic (exact) mass is 536 g/mol. The van der Waals surface area contributed by atoms with Crippen LogP contribution in [0.2, 0.25) is 0 Å². The lowest BCUT2D eigenvalue weighted by molar-refractivity contribution is -0.121. The van der Waals surface area contributed by atoms with Crippen LogP contribution in [0.15, 0.2) is 48.7 Å². The van der Waals surface area contributed by atoms with Crippen LogP contribution in [-0.2, 0) is 25.8 Å². The third-order valence-electron chi connectivity index (χ3n) is 7.81. The van der Waals surface area contributed by atoms with Crippen molar-refractivity contribution in [1.82, 2.24) is 15.3 Å². The number of rotatable bonds is 7. The Kier molecular flexibility index (Phi) is 6.60. The van der Waals surface area contributed by atoms with Gasteiger partial charge in [0.2, 0.25) is 5.91 Å². The highest BCUT2D eigenvalue weighted by atomic mass is 32.2. The zero-order valence-corrected chi connectivity index (χ0v) is 22.7. The van der Waals surface area contributed by atoms with Gasteiger partial charge in [0.1, 0.15) is 5.82 Å². The van der Waals surface area contributed by atoms with Gasteiger partial charge in [-0.25, -0.2) is 13.4 Å². The summed E-state index contributed by atoms with van der Waals surface area (Å²) in [4.78, 5) is 24.4. The van der Waals surface area contributed by atoms with Gasteiger partial charge in [0, 0.05) is 37.7 Å². The molecule has 9 heteroatoms. The second kappa shape index (κ2) is 9.93. The van der Waals surface area contributed by atoms with E-state index in [1.807, 2.05) is 30.3 Å². The normalized spacial score (nSPS) is 25.7. The predicted octanol–water partition coefficient (Wildman–Crippen LogP) is 3.92. The number of anilines is 1. The Bertz CT molecular complexity index is 1460. The average Bonchev–Trinajstić information content (AvgIpc) is 3.71. The molecule has 0 unspecified atom stereocenters. The van der Waals surface area contributed by atoms with Crippen LogP contribution in [0.25, 0.3) is 22.0 Å². The van der Waals surface area contributed by atoms with Gasteiger partial charge in [-0.05, 0) is 69.2 Å². The quantitative estimate of drug-likeness (QED) is 0.488. The van der Waals surface area contributed by atoms with Crippen LogP contribution in [0.5, 0.6) is 0 Å². The third kappa shape index (κ3) is 5.27. The minimum Gasteiger partial charge on any atom is -0.372 e. The van der Waals surface area contributed by atoms with Crippen molar-refractivity contribution in [3.63, 3.8) is 0 Å². The zero-order valence-electron chi connectivity index (χ0n) is 21.8. The highest BCUT2D eigenvalue weighted by molar-refractivity contribution is 7.93. The first kappa shape index (κ1) is 25.2. The number of sulfone groups is 1. The number of carbonyl (C=O) groups excluding carboxylic acids is 1. The average molecular weight is 537 g/mol. The smallest absolute Gasteiger partial charge is 0.226 e. The summed E-state index contributed by atoms with van der Waals surface area (Å²) in [6, 6.07) is 14.2. The van der Waals surface area contributed by atoms with Gasteiger partial charge in [-0.15, -0.1) is 0 Å². The molecular formula is C29H36N4O4S. The van der Waals surface area contributed by atoms with E-state index in [0.29, 0.717) is 18.5 Å². The molecule has 3 fully saturated rings. The van der Waals surface area contributed by atoms with Crippen LogP contribution < -0.4 is 10.2 Å². The SMILES string of the molecule is C[C@@H]1CN(c2cccc(-c3ccc4cnc(CC(=O)NC5CC(S(=O)(=O)C6CC6)C5)cc4c3)n2)C[C@H](C)O1.[HH]. The Morgan fingerprint density at radius 2 is 1.82 bits per heavy atom. The minimum absolute atomic E-state index is 0. The molecule has 2 atom stereocenters. The van der Waals surface area contributed by atoms with E-state index >= 15 is 0 Å². The fourth-order valence-electron chi connectivity index (χ4n) is 5.63. The van der Waals surface area contributed by atoms with Gasteiger partial charge in [-0.3, -0.25) is 9.78 Å². The molecule has 2 aromatic heterocycles. The second-order valence-corrected chi connectivity index (χ2v) is 13.6. The van der Waals surface area contributed by atoms with Crippen molar-refractivity contribution < 1.29 is 19.4 Å². The van der Waals surface area contributed by atoms with E-state index in [1.54, 1.807) is 6.20 Å². The number of carbonyl (C=O) groups is 1. The molecule has 202 valence electrons. The lowest BCUT2D eigenvalue weighted by atomic mass is 9.92. The summed E-state index contributed by atoms with van der Waals surface area (Å²) in [5, 5.41) is 4.56. The van der Waals surface area contributed by atoms with Crippen LogP contribution in [0.3, 0.4) is 0 Å². The first-order valence-corrected chi connectivity index (χ1v) is 15.1. The maximum Gasteiger partial charge on any atom is 0.226 e. The first-order valence-electron chi connectivity index (χ1n) is 13.5. The Labute approximate surface area is 225 Å². The number of fused-ring (bicyclic) bond motifs is 1. The van der Waals surface area contributed by atoms with Gasteiger partial charge in [0.25, 0.3) is 0 Å². The van der Waals surface area contributed by atoms with E-state index in [-0.39, 0.29) is 42.5 Å². The topological polar surface area (TPSA) is 101 Å². The number of amides is 1. The summed E-state index contributed by atoms with van der Waals surface area (Å²) < 4.78 is 30.6. The van der Waals surface area contributed by atoms with Crippen molar-refractivity contribution in [1.29, 1.82) is 0 Å². The number of nitrogens with one attached hydrogen (secondary N) is 1. The number of hydrogen-bond acceptors (Lipinski definition) is 7. The summed E-state index contributed by atoms with van der Waals surface area (Å²) in [5.74, 6) is 0.823. The van der Waals surface area contributed by atoms with Gasteiger partial charge in [-0.1, -0.05) is 18.2 Å². The lowest BCUT2D eigenvalue weighted by Crippen LogP contribution is -2.50. The molecule has 3 aromatic rings. The largest absolute Gasteiger partial charge is 0.372 e. The van der Waals surface area contributed by atoms with Crippen molar-refractivity contribution in [2.24, 2.45) is 0 Å². The minimum atomic E-state index is -3.00. The number of hydrogen-bond donors (Lipinski definition) is 1. The standard InChI is InChI=1S/C29H34N4O4S.H2/c1-18-16-33(17-19(2)37-18)28-5-3-4-27(32-28)20-6-7-21-15-30-23(11-22(21)10-20)14-29(34)31-24-12-26(13-24)38(35,36)25-8-9-25;/h3-7,10-11,15,18-19,24-26H,8-9,12-14,16-17H2,1-2H3,(H,31,34);1H/t18-,19+,24?,26?;. The molecule has 8 nitrogen and oxygen atoms in total. The molecule has 2 aliphatic carbocycles. The molecule has 1 amide bonds. The first-order chi connectivity index (χ1) is 18.2. The number of nitrogens with zero attached hydrogens (tertiary/aromatic N) is 3. The lowest BCUT2D eigenvalue weighted by Gasteiger charge is -2.36.